The van der Waals surface area contributed by atoms with Crippen molar-refractivity contribution in [1.29, 1.82) is 0 Å². The monoisotopic (exact) mass is 217 g/mol. The normalized spacial score (nSPS) is 10.2. The molecule has 0 amide bonds. The molecule has 0 radical (unpaired) electrons. The van der Waals surface area contributed by atoms with E-state index in [-0.39, 0.29) is 5.57 Å². The van der Waals surface area contributed by atoms with Crippen LogP contribution in [0.5, 0.6) is 0 Å². The fraction of sp³-hybridized carbons (Fsp3) is 0.154. The molecule has 0 fully saturated rings. The van der Waals surface area contributed by atoms with Gasteiger partial charge in [-0.25, -0.2) is 4.79 Å². The maximum Gasteiger partial charge on any atom is 0.330 e. The summed E-state index contributed by atoms with van der Waals surface area (Å²) in [7, 11) is 0. The van der Waals surface area contributed by atoms with Crippen LogP contribution in [0.4, 0.5) is 5.69 Å². The number of para-hydroxylation sites is 1. The summed E-state index contributed by atoms with van der Waals surface area (Å²) in [6.45, 7) is 3.46. The highest BCUT2D eigenvalue weighted by Gasteiger charge is 2.00. The van der Waals surface area contributed by atoms with Crippen molar-refractivity contribution in [3.63, 3.8) is 0 Å². The minimum Gasteiger partial charge on any atom is -0.478 e. The van der Waals surface area contributed by atoms with Gasteiger partial charge in [-0.05, 0) is 31.2 Å². The van der Waals surface area contributed by atoms with Crippen molar-refractivity contribution in [3.05, 3.63) is 54.8 Å². The number of hydrogen-bond donors (Lipinski definition) is 2. The molecule has 84 valence electrons. The fourth-order valence-corrected chi connectivity index (χ4v) is 1.14. The van der Waals surface area contributed by atoms with E-state index in [4.69, 9.17) is 5.11 Å². The van der Waals surface area contributed by atoms with Crippen LogP contribution >= 0.6 is 0 Å². The van der Waals surface area contributed by atoms with E-state index >= 15 is 0 Å². The molecule has 0 unspecified atom stereocenters. The lowest BCUT2D eigenvalue weighted by atomic mass is 10.2. The molecule has 1 rings (SSSR count). The first-order valence-corrected chi connectivity index (χ1v) is 5.08. The summed E-state index contributed by atoms with van der Waals surface area (Å²) in [5.74, 6) is -0.926. The van der Waals surface area contributed by atoms with Gasteiger partial charge in [0.2, 0.25) is 0 Å². The van der Waals surface area contributed by atoms with Crippen LogP contribution in [0.3, 0.4) is 0 Å². The number of aliphatic carboxylic acids is 1. The molecular formula is C13H15NO2. The van der Waals surface area contributed by atoms with Crippen molar-refractivity contribution in [2.24, 2.45) is 0 Å². The van der Waals surface area contributed by atoms with Gasteiger partial charge in [0.1, 0.15) is 0 Å². The Kier molecular flexibility index (Phi) is 4.86. The third kappa shape index (κ3) is 4.46. The van der Waals surface area contributed by atoms with Gasteiger partial charge in [-0.1, -0.05) is 30.9 Å². The maximum atomic E-state index is 10.4. The summed E-state index contributed by atoms with van der Waals surface area (Å²) in [4.78, 5) is 10.4. The second kappa shape index (κ2) is 6.45. The SMILES string of the molecule is C=C(CCC=CNc1ccccc1)C(=O)O. The van der Waals surface area contributed by atoms with E-state index in [1.165, 1.54) is 0 Å². The van der Waals surface area contributed by atoms with Crippen molar-refractivity contribution >= 4 is 11.7 Å². The Balaban J connectivity index is 2.24. The van der Waals surface area contributed by atoms with E-state index in [1.807, 2.05) is 42.6 Å². The van der Waals surface area contributed by atoms with Crippen LogP contribution in [0.25, 0.3) is 0 Å². The zero-order valence-electron chi connectivity index (χ0n) is 9.02. The number of allylic oxidation sites excluding steroid dienone is 1. The molecule has 3 nitrogen and oxygen atoms in total. The van der Waals surface area contributed by atoms with E-state index in [0.717, 1.165) is 5.69 Å². The Morgan fingerprint density at radius 2 is 2.06 bits per heavy atom. The molecule has 16 heavy (non-hydrogen) atoms. The number of nitrogens with one attached hydrogen (secondary N) is 1. The Hall–Kier alpha value is -2.03. The maximum absolute atomic E-state index is 10.4. The van der Waals surface area contributed by atoms with Crippen LogP contribution in [0.2, 0.25) is 0 Å². The van der Waals surface area contributed by atoms with E-state index < -0.39 is 5.97 Å². The largest absolute Gasteiger partial charge is 0.478 e. The predicted octanol–water partition coefficient (Wildman–Crippen LogP) is 3.03. The molecule has 3 heteroatoms. The summed E-state index contributed by atoms with van der Waals surface area (Å²) in [6.07, 6.45) is 4.85. The lowest BCUT2D eigenvalue weighted by Gasteiger charge is -1.99. The third-order valence-corrected chi connectivity index (χ3v) is 2.06. The molecule has 0 heterocycles. The van der Waals surface area contributed by atoms with Crippen LogP contribution in [0.1, 0.15) is 12.8 Å². The Morgan fingerprint density at radius 3 is 2.69 bits per heavy atom. The molecule has 0 spiro atoms. The van der Waals surface area contributed by atoms with Crippen LogP contribution in [-0.2, 0) is 4.79 Å². The van der Waals surface area contributed by atoms with E-state index in [0.29, 0.717) is 12.8 Å². The highest BCUT2D eigenvalue weighted by Crippen LogP contribution is 2.06. The summed E-state index contributed by atoms with van der Waals surface area (Å²) in [5.41, 5.74) is 1.25. The smallest absolute Gasteiger partial charge is 0.330 e. The van der Waals surface area contributed by atoms with Crippen molar-refractivity contribution in [3.8, 4) is 0 Å². The first kappa shape index (κ1) is 12.0. The van der Waals surface area contributed by atoms with Gasteiger partial charge in [0, 0.05) is 11.3 Å². The van der Waals surface area contributed by atoms with Gasteiger partial charge in [-0.2, -0.15) is 0 Å². The van der Waals surface area contributed by atoms with Gasteiger partial charge in [-0.3, -0.25) is 0 Å². The number of carboxylic acid groups (broad SMARTS) is 1. The molecule has 0 bridgehead atoms. The number of rotatable bonds is 6. The molecule has 0 saturated heterocycles. The van der Waals surface area contributed by atoms with Gasteiger partial charge < -0.3 is 10.4 Å². The molecule has 0 aliphatic heterocycles. The zero-order chi connectivity index (χ0) is 11.8. The van der Waals surface area contributed by atoms with E-state index in [1.54, 1.807) is 0 Å². The van der Waals surface area contributed by atoms with Crippen LogP contribution in [0, 0.1) is 0 Å². The summed E-state index contributed by atoms with van der Waals surface area (Å²) in [5, 5.41) is 11.7. The highest BCUT2D eigenvalue weighted by molar-refractivity contribution is 5.85. The molecular weight excluding hydrogens is 202 g/mol. The molecule has 0 aliphatic carbocycles. The van der Waals surface area contributed by atoms with Crippen molar-refractivity contribution in [2.75, 3.05) is 5.32 Å². The number of carbonyl (C=O) groups is 1. The van der Waals surface area contributed by atoms with Crippen molar-refractivity contribution in [1.82, 2.24) is 0 Å². The van der Waals surface area contributed by atoms with Crippen molar-refractivity contribution < 1.29 is 9.90 Å². The van der Waals surface area contributed by atoms with E-state index in [2.05, 4.69) is 11.9 Å². The number of hydrogen-bond acceptors (Lipinski definition) is 2. The molecule has 2 N–H and O–H groups in total. The van der Waals surface area contributed by atoms with Crippen molar-refractivity contribution in [2.45, 2.75) is 12.8 Å². The summed E-state index contributed by atoms with van der Waals surface area (Å²) >= 11 is 0. The Morgan fingerprint density at radius 1 is 1.38 bits per heavy atom. The molecule has 0 saturated carbocycles. The summed E-state index contributed by atoms with van der Waals surface area (Å²) < 4.78 is 0. The topological polar surface area (TPSA) is 49.3 Å². The Bertz CT molecular complexity index is 382. The molecule has 1 aromatic carbocycles. The minimum atomic E-state index is -0.926. The highest BCUT2D eigenvalue weighted by atomic mass is 16.4. The fourth-order valence-electron chi connectivity index (χ4n) is 1.14. The lowest BCUT2D eigenvalue weighted by molar-refractivity contribution is -0.132. The third-order valence-electron chi connectivity index (χ3n) is 2.06. The van der Waals surface area contributed by atoms with Gasteiger partial charge in [-0.15, -0.1) is 0 Å². The van der Waals surface area contributed by atoms with Crippen LogP contribution in [-0.4, -0.2) is 11.1 Å². The zero-order valence-corrected chi connectivity index (χ0v) is 9.02. The minimum absolute atomic E-state index is 0.240. The summed E-state index contributed by atoms with van der Waals surface area (Å²) in [6, 6.07) is 9.76. The lowest BCUT2D eigenvalue weighted by Crippen LogP contribution is -1.97. The first-order valence-electron chi connectivity index (χ1n) is 5.08. The second-order valence-electron chi connectivity index (χ2n) is 3.36. The Labute approximate surface area is 95.1 Å². The second-order valence-corrected chi connectivity index (χ2v) is 3.36. The average molecular weight is 217 g/mol. The average Bonchev–Trinajstić information content (AvgIpc) is 2.29. The predicted molar refractivity (Wildman–Crippen MR) is 65.2 cm³/mol. The number of carboxylic acids is 1. The number of anilines is 1. The number of benzene rings is 1. The molecule has 0 aromatic heterocycles. The van der Waals surface area contributed by atoms with Gasteiger partial charge >= 0.3 is 5.97 Å². The van der Waals surface area contributed by atoms with Gasteiger partial charge in [0.05, 0.1) is 0 Å². The molecule has 1 aromatic rings. The quantitative estimate of drug-likeness (QED) is 0.720. The van der Waals surface area contributed by atoms with Crippen LogP contribution < -0.4 is 5.32 Å². The van der Waals surface area contributed by atoms with Crippen LogP contribution in [0.15, 0.2) is 54.8 Å². The molecule has 0 atom stereocenters. The standard InChI is InChI=1S/C13H15NO2/c1-11(13(15)16)7-5-6-10-14-12-8-3-2-4-9-12/h2-4,6,8-10,14H,1,5,7H2,(H,15,16). The first-order chi connectivity index (χ1) is 7.70. The molecule has 0 aliphatic rings. The van der Waals surface area contributed by atoms with Gasteiger partial charge in [0.15, 0.2) is 0 Å². The van der Waals surface area contributed by atoms with E-state index in [9.17, 15) is 4.79 Å². The van der Waals surface area contributed by atoms with Gasteiger partial charge in [0.25, 0.3) is 0 Å².